The van der Waals surface area contributed by atoms with Crippen molar-refractivity contribution in [2.24, 2.45) is 0 Å². The van der Waals surface area contributed by atoms with Crippen molar-refractivity contribution >= 4 is 15.0 Å². The van der Waals surface area contributed by atoms with E-state index in [0.717, 1.165) is 5.32 Å². The van der Waals surface area contributed by atoms with E-state index in [1.807, 2.05) is 7.11 Å². The third kappa shape index (κ3) is 4.56. The van der Waals surface area contributed by atoms with Gasteiger partial charge in [0.2, 0.25) is 0 Å². The third-order valence-electron chi connectivity index (χ3n) is 3.88. The van der Waals surface area contributed by atoms with E-state index in [1.165, 1.54) is 16.3 Å². The predicted octanol–water partition coefficient (Wildman–Crippen LogP) is 3.18. The predicted molar refractivity (Wildman–Crippen MR) is 89.3 cm³/mol. The van der Waals surface area contributed by atoms with Gasteiger partial charge in [0, 0.05) is 0 Å². The van der Waals surface area contributed by atoms with Crippen LogP contribution in [0.3, 0.4) is 0 Å². The molecule has 21 heavy (non-hydrogen) atoms. The van der Waals surface area contributed by atoms with Crippen molar-refractivity contribution in [1.82, 2.24) is 4.90 Å². The van der Waals surface area contributed by atoms with E-state index in [9.17, 15) is 0 Å². The summed E-state index contributed by atoms with van der Waals surface area (Å²) in [5.74, 6) is 1.46. The van der Waals surface area contributed by atoms with Gasteiger partial charge in [0.1, 0.15) is 0 Å². The standard InChI is InChI=1S/C18H24NOSe/c1-14(19(2)3)16-11-8-12-18(16)21-13-17(20-4)15-9-6-5-7-10-15/h5-12,14,17H,13H2,1-4H3/t14-,17-/m0/s1. The molecule has 1 aromatic rings. The molecule has 0 aliphatic heterocycles. The fourth-order valence-electron chi connectivity index (χ4n) is 2.31. The number of benzene rings is 1. The third-order valence-corrected chi connectivity index (χ3v) is 6.30. The second-order valence-corrected chi connectivity index (χ2v) is 7.66. The Bertz CT molecular complexity index is 409. The van der Waals surface area contributed by atoms with Gasteiger partial charge in [-0.15, -0.1) is 0 Å². The monoisotopic (exact) mass is 350 g/mol. The molecule has 1 aliphatic rings. The van der Waals surface area contributed by atoms with Crippen LogP contribution in [0.1, 0.15) is 18.6 Å². The SMILES string of the molecule is CO[C@@H](C[Se][C]1[CH][CH][CH][C]1[C@H](C)N(C)C)c1ccccc1. The Hall–Kier alpha value is -0.341. The first kappa shape index (κ1) is 17.0. The average molecular weight is 349 g/mol. The van der Waals surface area contributed by atoms with Crippen LogP contribution in [0.25, 0.3) is 0 Å². The molecule has 0 unspecified atom stereocenters. The minimum atomic E-state index is 0.198. The van der Waals surface area contributed by atoms with Gasteiger partial charge in [-0.2, -0.15) is 0 Å². The van der Waals surface area contributed by atoms with E-state index in [2.05, 4.69) is 75.5 Å². The van der Waals surface area contributed by atoms with Gasteiger partial charge >= 0.3 is 136 Å². The Kier molecular flexibility index (Phi) is 6.75. The van der Waals surface area contributed by atoms with Crippen LogP contribution in [0.2, 0.25) is 5.32 Å². The molecule has 5 radical (unpaired) electrons. The van der Waals surface area contributed by atoms with E-state index in [-0.39, 0.29) is 6.10 Å². The van der Waals surface area contributed by atoms with E-state index >= 15 is 0 Å². The molecule has 1 saturated carbocycles. The topological polar surface area (TPSA) is 12.5 Å². The molecule has 3 heteroatoms. The molecule has 0 saturated heterocycles. The molecular weight excluding hydrogens is 325 g/mol. The van der Waals surface area contributed by atoms with Crippen LogP contribution in [0.4, 0.5) is 0 Å². The molecule has 2 nitrogen and oxygen atoms in total. The quantitative estimate of drug-likeness (QED) is 0.701. The van der Waals surface area contributed by atoms with Gasteiger partial charge in [0.15, 0.2) is 0 Å². The molecule has 2 rings (SSSR count). The zero-order chi connectivity index (χ0) is 15.2. The molecule has 1 aromatic carbocycles. The zero-order valence-electron chi connectivity index (χ0n) is 13.2. The van der Waals surface area contributed by atoms with Crippen molar-refractivity contribution in [3.63, 3.8) is 0 Å². The van der Waals surface area contributed by atoms with E-state index < -0.39 is 0 Å². The Morgan fingerprint density at radius 2 is 1.86 bits per heavy atom. The number of rotatable bonds is 7. The fourth-order valence-corrected chi connectivity index (χ4v) is 4.91. The van der Waals surface area contributed by atoms with Crippen molar-refractivity contribution in [3.05, 3.63) is 65.9 Å². The summed E-state index contributed by atoms with van der Waals surface area (Å²) in [4.78, 5) is 3.77. The maximum absolute atomic E-state index is 5.69. The van der Waals surface area contributed by atoms with Crippen LogP contribution in [0, 0.1) is 30.0 Å². The van der Waals surface area contributed by atoms with Crippen LogP contribution in [-0.2, 0) is 4.74 Å². The number of nitrogens with zero attached hydrogens (tertiary/aromatic N) is 1. The van der Waals surface area contributed by atoms with Gasteiger partial charge < -0.3 is 0 Å². The van der Waals surface area contributed by atoms with Crippen molar-refractivity contribution in [2.45, 2.75) is 24.4 Å². The van der Waals surface area contributed by atoms with E-state index in [4.69, 9.17) is 4.74 Å². The van der Waals surface area contributed by atoms with Crippen molar-refractivity contribution < 1.29 is 4.74 Å². The van der Waals surface area contributed by atoms with Crippen LogP contribution < -0.4 is 0 Å². The molecule has 0 N–H and O–H groups in total. The van der Waals surface area contributed by atoms with E-state index in [0.29, 0.717) is 21.0 Å². The summed E-state index contributed by atoms with van der Waals surface area (Å²) in [5, 5.41) is 1.07. The van der Waals surface area contributed by atoms with Crippen LogP contribution >= 0.6 is 0 Å². The first-order valence-electron chi connectivity index (χ1n) is 7.26. The van der Waals surface area contributed by atoms with Gasteiger partial charge in [-0.25, -0.2) is 0 Å². The maximum atomic E-state index is 5.69. The molecule has 2 atom stereocenters. The van der Waals surface area contributed by atoms with Crippen LogP contribution in [0.15, 0.2) is 30.3 Å². The van der Waals surface area contributed by atoms with Crippen LogP contribution in [0.5, 0.6) is 0 Å². The zero-order valence-corrected chi connectivity index (χ0v) is 15.0. The molecule has 0 aromatic heterocycles. The summed E-state index contributed by atoms with van der Waals surface area (Å²) in [5.41, 5.74) is 1.27. The molecule has 1 fully saturated rings. The van der Waals surface area contributed by atoms with Gasteiger partial charge in [-0.1, -0.05) is 0 Å². The number of hydrogen-bond acceptors (Lipinski definition) is 2. The minimum absolute atomic E-state index is 0.198. The molecule has 1 aliphatic carbocycles. The molecule has 0 amide bonds. The molecule has 0 heterocycles. The molecule has 0 bridgehead atoms. The van der Waals surface area contributed by atoms with Crippen LogP contribution in [-0.4, -0.2) is 47.1 Å². The number of hydrogen-bond donors (Lipinski definition) is 0. The summed E-state index contributed by atoms with van der Waals surface area (Å²) in [6.07, 6.45) is 6.90. The summed E-state index contributed by atoms with van der Waals surface area (Å²) in [6.45, 7) is 2.26. The first-order chi connectivity index (χ1) is 10.1. The summed E-state index contributed by atoms with van der Waals surface area (Å²) in [7, 11) is 6.08. The Balaban J connectivity index is 1.91. The van der Waals surface area contributed by atoms with Crippen molar-refractivity contribution in [2.75, 3.05) is 21.2 Å². The summed E-state index contributed by atoms with van der Waals surface area (Å²) >= 11 is 0.430. The Morgan fingerprint density at radius 1 is 1.14 bits per heavy atom. The normalized spacial score (nSPS) is 20.0. The molecular formula is C18H24NOSe. The Labute approximate surface area is 136 Å². The van der Waals surface area contributed by atoms with Gasteiger partial charge in [-0.05, 0) is 0 Å². The Morgan fingerprint density at radius 3 is 2.48 bits per heavy atom. The first-order valence-corrected chi connectivity index (χ1v) is 9.32. The van der Waals surface area contributed by atoms with Gasteiger partial charge in [0.05, 0.1) is 0 Å². The van der Waals surface area contributed by atoms with E-state index in [1.54, 1.807) is 0 Å². The number of methoxy groups -OCH3 is 1. The fraction of sp³-hybridized carbons (Fsp3) is 0.389. The van der Waals surface area contributed by atoms with Gasteiger partial charge in [0.25, 0.3) is 0 Å². The second-order valence-electron chi connectivity index (χ2n) is 5.43. The van der Waals surface area contributed by atoms with Crippen molar-refractivity contribution in [1.29, 1.82) is 0 Å². The second kappa shape index (κ2) is 8.33. The average Bonchev–Trinajstić information content (AvgIpc) is 2.96. The van der Waals surface area contributed by atoms with Gasteiger partial charge in [-0.3, -0.25) is 0 Å². The molecule has 0 spiro atoms. The van der Waals surface area contributed by atoms with Crippen molar-refractivity contribution in [3.8, 4) is 0 Å². The molecule has 113 valence electrons. The summed E-state index contributed by atoms with van der Waals surface area (Å²) < 4.78 is 5.69. The summed E-state index contributed by atoms with van der Waals surface area (Å²) in [6, 6.07) is 11.0. The number of ether oxygens (including phenoxy) is 1.